The minimum absolute atomic E-state index is 0.0482. The number of carbonyl (C=O) groups is 2. The zero-order chi connectivity index (χ0) is 13.4. The van der Waals surface area contributed by atoms with Crippen LogP contribution in [0.5, 0.6) is 0 Å². The number of carbonyl (C=O) groups excluding carboxylic acids is 2. The Balaban J connectivity index is 1.85. The van der Waals surface area contributed by atoms with E-state index < -0.39 is 5.92 Å². The van der Waals surface area contributed by atoms with Gasteiger partial charge in [-0.2, -0.15) is 0 Å². The molecule has 100 valence electrons. The third-order valence-corrected chi connectivity index (χ3v) is 4.95. The average molecular weight is 277 g/mol. The van der Waals surface area contributed by atoms with Crippen LogP contribution in [0.3, 0.4) is 0 Å². The minimum Gasteiger partial charge on any atom is -0.338 e. The normalized spacial score (nSPS) is 26.6. The summed E-state index contributed by atoms with van der Waals surface area (Å²) in [4.78, 5) is 34.7. The van der Waals surface area contributed by atoms with Crippen LogP contribution in [0, 0.1) is 5.92 Å². The Labute approximate surface area is 115 Å². The van der Waals surface area contributed by atoms with Crippen LogP contribution in [-0.4, -0.2) is 41.2 Å². The molecule has 0 spiro atoms. The van der Waals surface area contributed by atoms with Crippen LogP contribution in [0.1, 0.15) is 26.2 Å². The predicted octanol–water partition coefficient (Wildman–Crippen LogP) is 1.60. The molecule has 0 radical (unpaired) electrons. The summed E-state index contributed by atoms with van der Waals surface area (Å²) in [5.74, 6) is -0.581. The Hall–Kier alpha value is -1.43. The quantitative estimate of drug-likeness (QED) is 0.731. The van der Waals surface area contributed by atoms with Gasteiger partial charge in [0.2, 0.25) is 0 Å². The average Bonchev–Trinajstić information content (AvgIpc) is 2.78. The van der Waals surface area contributed by atoms with Gasteiger partial charge in [0.05, 0.1) is 9.95 Å². The molecular weight excluding hydrogens is 262 g/mol. The van der Waals surface area contributed by atoms with Gasteiger partial charge in [0.25, 0.3) is 11.8 Å². The fourth-order valence-electron chi connectivity index (χ4n) is 2.62. The van der Waals surface area contributed by atoms with Crippen LogP contribution >= 0.6 is 11.8 Å². The Morgan fingerprint density at radius 1 is 1.37 bits per heavy atom. The molecule has 1 atom stereocenters. The summed E-state index contributed by atoms with van der Waals surface area (Å²) in [6.07, 6.45) is 4.60. The fraction of sp³-hybridized carbons (Fsp3) is 0.538. The smallest absolute Gasteiger partial charge is 0.261 e. The van der Waals surface area contributed by atoms with E-state index in [0.717, 1.165) is 31.5 Å². The number of nitrogens with zero attached hydrogens (tertiary/aromatic N) is 3. The monoisotopic (exact) mass is 277 g/mol. The fourth-order valence-corrected chi connectivity index (χ4v) is 3.82. The van der Waals surface area contributed by atoms with Crippen molar-refractivity contribution in [1.82, 2.24) is 4.90 Å². The molecule has 2 amide bonds. The van der Waals surface area contributed by atoms with Gasteiger partial charge >= 0.3 is 0 Å². The van der Waals surface area contributed by atoms with E-state index in [-0.39, 0.29) is 11.8 Å². The lowest BCUT2D eigenvalue weighted by Crippen LogP contribution is -2.36. The van der Waals surface area contributed by atoms with Crippen LogP contribution in [0.15, 0.2) is 20.5 Å². The van der Waals surface area contributed by atoms with E-state index in [9.17, 15) is 9.59 Å². The first-order valence-corrected chi connectivity index (χ1v) is 7.32. The molecule has 6 heteroatoms. The van der Waals surface area contributed by atoms with Gasteiger partial charge in [0.1, 0.15) is 12.3 Å². The van der Waals surface area contributed by atoms with Crippen molar-refractivity contribution in [3.63, 3.8) is 0 Å². The lowest BCUT2D eigenvalue weighted by Gasteiger charge is -2.27. The molecule has 1 fully saturated rings. The molecule has 0 aromatic heterocycles. The Morgan fingerprint density at radius 3 is 2.79 bits per heavy atom. The maximum absolute atomic E-state index is 12.5. The van der Waals surface area contributed by atoms with Gasteiger partial charge in [-0.3, -0.25) is 9.59 Å². The van der Waals surface area contributed by atoms with E-state index in [4.69, 9.17) is 0 Å². The number of piperidine rings is 1. The van der Waals surface area contributed by atoms with Gasteiger partial charge in [-0.1, -0.05) is 11.8 Å². The Bertz CT molecular complexity index is 530. The van der Waals surface area contributed by atoms with E-state index in [1.54, 1.807) is 0 Å². The summed E-state index contributed by atoms with van der Waals surface area (Å²) in [5, 5.41) is 0.692. The second kappa shape index (κ2) is 4.92. The third kappa shape index (κ3) is 2.14. The first-order chi connectivity index (χ1) is 9.18. The minimum atomic E-state index is -0.418. The molecule has 1 unspecified atom stereocenters. The summed E-state index contributed by atoms with van der Waals surface area (Å²) in [6, 6.07) is 0. The van der Waals surface area contributed by atoms with Gasteiger partial charge in [0, 0.05) is 13.1 Å². The maximum atomic E-state index is 12.5. The zero-order valence-corrected chi connectivity index (χ0v) is 11.6. The molecule has 0 N–H and O–H groups in total. The molecule has 0 bridgehead atoms. The lowest BCUT2D eigenvalue weighted by atomic mass is 9.99. The van der Waals surface area contributed by atoms with Crippen molar-refractivity contribution in [2.75, 3.05) is 13.1 Å². The zero-order valence-electron chi connectivity index (χ0n) is 10.8. The molecule has 5 nitrogen and oxygen atoms in total. The summed E-state index contributed by atoms with van der Waals surface area (Å²) < 4.78 is 0. The van der Waals surface area contributed by atoms with Crippen molar-refractivity contribution in [1.29, 1.82) is 0 Å². The molecule has 0 aromatic rings. The van der Waals surface area contributed by atoms with Crippen LogP contribution < -0.4 is 0 Å². The van der Waals surface area contributed by atoms with Crippen LogP contribution in [0.4, 0.5) is 0 Å². The predicted molar refractivity (Wildman–Crippen MR) is 75.1 cm³/mol. The summed E-state index contributed by atoms with van der Waals surface area (Å²) >= 11 is 1.33. The van der Waals surface area contributed by atoms with E-state index >= 15 is 0 Å². The summed E-state index contributed by atoms with van der Waals surface area (Å²) in [6.45, 7) is 3.48. The highest BCUT2D eigenvalue weighted by Gasteiger charge is 2.40. The van der Waals surface area contributed by atoms with Crippen molar-refractivity contribution in [3.05, 3.63) is 10.5 Å². The first-order valence-electron chi connectivity index (χ1n) is 6.50. The van der Waals surface area contributed by atoms with Crippen molar-refractivity contribution in [3.8, 4) is 0 Å². The van der Waals surface area contributed by atoms with Crippen molar-refractivity contribution >= 4 is 35.0 Å². The number of likely N-dealkylation sites (tertiary alicyclic amines) is 1. The van der Waals surface area contributed by atoms with Crippen molar-refractivity contribution in [2.24, 2.45) is 15.9 Å². The van der Waals surface area contributed by atoms with Gasteiger partial charge in [0.15, 0.2) is 0 Å². The summed E-state index contributed by atoms with van der Waals surface area (Å²) in [7, 11) is 0. The van der Waals surface area contributed by atoms with Crippen LogP contribution in [0.25, 0.3) is 0 Å². The van der Waals surface area contributed by atoms with E-state index in [0.29, 0.717) is 9.95 Å². The molecule has 3 heterocycles. The Morgan fingerprint density at radius 2 is 2.11 bits per heavy atom. The van der Waals surface area contributed by atoms with Gasteiger partial charge in [-0.05, 0) is 31.8 Å². The lowest BCUT2D eigenvalue weighted by molar-refractivity contribution is -0.127. The second-order valence-electron chi connectivity index (χ2n) is 4.95. The highest BCUT2D eigenvalue weighted by Crippen LogP contribution is 2.41. The number of hydrogen-bond donors (Lipinski definition) is 0. The number of amides is 2. The standard InChI is InChI=1S/C13H15N3O2S/c1-8-9-11(17)14-7-15-12(9)19-10(8)13(18)16-5-3-2-4-6-16/h7,9H,2-6H2,1H3. The highest BCUT2D eigenvalue weighted by molar-refractivity contribution is 8.18. The molecule has 3 aliphatic heterocycles. The number of fused-ring (bicyclic) bond motifs is 1. The highest BCUT2D eigenvalue weighted by atomic mass is 32.2. The molecular formula is C13H15N3O2S. The largest absolute Gasteiger partial charge is 0.338 e. The molecule has 1 saturated heterocycles. The Kier molecular flexibility index (Phi) is 3.26. The SMILES string of the molecule is CC1=C(C(=O)N2CCCCC2)SC2=NC=NC(=O)C21. The van der Waals surface area contributed by atoms with E-state index in [1.807, 2.05) is 11.8 Å². The van der Waals surface area contributed by atoms with E-state index in [2.05, 4.69) is 9.98 Å². The van der Waals surface area contributed by atoms with Crippen LogP contribution in [0.2, 0.25) is 0 Å². The number of thioether (sulfide) groups is 1. The van der Waals surface area contributed by atoms with Crippen molar-refractivity contribution in [2.45, 2.75) is 26.2 Å². The molecule has 0 aliphatic carbocycles. The maximum Gasteiger partial charge on any atom is 0.261 e. The molecule has 3 rings (SSSR count). The number of aliphatic imine (C=N–C) groups is 2. The summed E-state index contributed by atoms with van der Waals surface area (Å²) in [5.41, 5.74) is 0.807. The van der Waals surface area contributed by atoms with Crippen LogP contribution in [-0.2, 0) is 9.59 Å². The van der Waals surface area contributed by atoms with Gasteiger partial charge in [-0.25, -0.2) is 9.98 Å². The second-order valence-corrected chi connectivity index (χ2v) is 5.98. The van der Waals surface area contributed by atoms with Gasteiger partial charge in [-0.15, -0.1) is 0 Å². The first kappa shape index (κ1) is 12.6. The molecule has 0 aromatic carbocycles. The van der Waals surface area contributed by atoms with Crippen molar-refractivity contribution < 1.29 is 9.59 Å². The topological polar surface area (TPSA) is 62.1 Å². The van der Waals surface area contributed by atoms with E-state index in [1.165, 1.54) is 24.5 Å². The molecule has 3 aliphatic rings. The van der Waals surface area contributed by atoms with Gasteiger partial charge < -0.3 is 4.90 Å². The third-order valence-electron chi connectivity index (χ3n) is 3.70. The molecule has 0 saturated carbocycles. The molecule has 19 heavy (non-hydrogen) atoms. The number of hydrogen-bond acceptors (Lipinski definition) is 4. The number of rotatable bonds is 1.